The fraction of sp³-hybridized carbons (Fsp3) is 0.321. The molecule has 4 aromatic rings. The second kappa shape index (κ2) is 6.69. The molecule has 4 rings (SSSR count). The molecule has 0 N–H and O–H groups in total. The Bertz CT molecular complexity index is 1320. The predicted molar refractivity (Wildman–Crippen MR) is 126 cm³/mol. The lowest BCUT2D eigenvalue weighted by atomic mass is 9.82. The van der Waals surface area contributed by atoms with Gasteiger partial charge < -0.3 is 0 Å². The zero-order chi connectivity index (χ0) is 22.0. The second-order valence-electron chi connectivity index (χ2n) is 9.55. The quantitative estimate of drug-likeness (QED) is 0.246. The van der Waals surface area contributed by atoms with Gasteiger partial charge in [0, 0.05) is 18.4 Å². The minimum Gasteiger partial charge on any atom is -0.198 e. The Labute approximate surface area is 176 Å². The largest absolute Gasteiger partial charge is 0.220 e. The van der Waals surface area contributed by atoms with Gasteiger partial charge in [0.05, 0.1) is 12.3 Å². The van der Waals surface area contributed by atoms with Gasteiger partial charge in [0.25, 0.3) is 0 Å². The van der Waals surface area contributed by atoms with Gasteiger partial charge in [0.1, 0.15) is 7.05 Å². The van der Waals surface area contributed by atoms with Gasteiger partial charge in [-0.2, -0.15) is 4.57 Å². The van der Waals surface area contributed by atoms with Gasteiger partial charge in [0.2, 0.25) is 5.69 Å². The summed E-state index contributed by atoms with van der Waals surface area (Å²) in [5.74, 6) is 0. The van der Waals surface area contributed by atoms with Gasteiger partial charge in [-0.3, -0.25) is 0 Å². The number of hydrogen-bond donors (Lipinski definition) is 0. The van der Waals surface area contributed by atoms with Crippen LogP contribution in [0.5, 0.6) is 0 Å². The third-order valence-electron chi connectivity index (χ3n) is 6.36. The molecule has 1 heterocycles. The Morgan fingerprint density at radius 2 is 1.52 bits per heavy atom. The molecule has 1 nitrogen and oxygen atoms in total. The van der Waals surface area contributed by atoms with E-state index in [1.165, 1.54) is 38.9 Å². The Morgan fingerprint density at radius 1 is 0.828 bits per heavy atom. The molecule has 0 aliphatic carbocycles. The van der Waals surface area contributed by atoms with Crippen LogP contribution in [0.2, 0.25) is 0 Å². The first kappa shape index (κ1) is 18.4. The van der Waals surface area contributed by atoms with Crippen LogP contribution in [0.15, 0.2) is 48.5 Å². The van der Waals surface area contributed by atoms with Crippen LogP contribution in [0, 0.1) is 27.7 Å². The van der Waals surface area contributed by atoms with Crippen molar-refractivity contribution < 1.29 is 5.94 Å². The molecule has 0 saturated carbocycles. The van der Waals surface area contributed by atoms with Crippen LogP contribution in [0.4, 0.5) is 0 Å². The van der Waals surface area contributed by atoms with Gasteiger partial charge >= 0.3 is 0 Å². The van der Waals surface area contributed by atoms with Crippen molar-refractivity contribution in [3.05, 3.63) is 76.5 Å². The molecule has 0 bridgehead atoms. The van der Waals surface area contributed by atoms with Gasteiger partial charge in [-0.15, -0.1) is 0 Å². The Balaban J connectivity index is 2.21. The van der Waals surface area contributed by atoms with E-state index in [1.54, 1.807) is 0 Å². The topological polar surface area (TPSA) is 3.88 Å². The van der Waals surface area contributed by atoms with Crippen molar-refractivity contribution in [1.82, 2.24) is 0 Å². The smallest absolute Gasteiger partial charge is 0.198 e. The Morgan fingerprint density at radius 3 is 2.21 bits per heavy atom. The number of pyridine rings is 1. The Kier molecular flexibility index (Phi) is 4.24. The van der Waals surface area contributed by atoms with E-state index in [2.05, 4.69) is 103 Å². The third kappa shape index (κ3) is 3.23. The highest BCUT2D eigenvalue weighted by atomic mass is 14.9. The van der Waals surface area contributed by atoms with Crippen LogP contribution in [-0.4, -0.2) is 0 Å². The van der Waals surface area contributed by atoms with Crippen LogP contribution in [0.3, 0.4) is 0 Å². The van der Waals surface area contributed by atoms with Gasteiger partial charge in [0.15, 0.2) is 5.69 Å². The van der Waals surface area contributed by atoms with Gasteiger partial charge in [-0.25, -0.2) is 0 Å². The van der Waals surface area contributed by atoms with Crippen molar-refractivity contribution in [3.8, 4) is 11.3 Å². The van der Waals surface area contributed by atoms with Crippen molar-refractivity contribution in [1.29, 1.82) is 0 Å². The summed E-state index contributed by atoms with van der Waals surface area (Å²) in [5.41, 5.74) is 8.75. The van der Waals surface area contributed by atoms with E-state index in [-0.39, 0.29) is 5.41 Å². The summed E-state index contributed by atoms with van der Waals surface area (Å²) in [4.78, 5) is 0. The number of aryl methyl sites for hydroxylation is 2. The summed E-state index contributed by atoms with van der Waals surface area (Å²) in [6.07, 6.45) is 0. The molecule has 0 unspecified atom stereocenters. The Hall–Kier alpha value is -2.67. The van der Waals surface area contributed by atoms with Crippen molar-refractivity contribution in [2.75, 3.05) is 0 Å². The first-order valence-corrected chi connectivity index (χ1v) is 10.4. The molecular formula is C28H32N+. The molecule has 0 saturated heterocycles. The molecule has 0 fully saturated rings. The summed E-state index contributed by atoms with van der Waals surface area (Å²) in [6, 6.07) is 16.3. The molecule has 3 aromatic carbocycles. The number of rotatable bonds is 1. The molecule has 0 aliphatic rings. The first-order chi connectivity index (χ1) is 14.0. The fourth-order valence-corrected chi connectivity index (χ4v) is 4.26. The molecule has 148 valence electrons. The molecule has 0 spiro atoms. The normalized spacial score (nSPS) is 12.6. The lowest BCUT2D eigenvalue weighted by Crippen LogP contribution is -2.35. The minimum atomic E-state index is 0.0796. The number of aromatic nitrogens is 1. The summed E-state index contributed by atoms with van der Waals surface area (Å²) in [6.45, 7) is 15.4. The molecule has 29 heavy (non-hydrogen) atoms. The first-order valence-electron chi connectivity index (χ1n) is 10.9. The fourth-order valence-electron chi connectivity index (χ4n) is 4.26. The lowest BCUT2D eigenvalue weighted by molar-refractivity contribution is -0.665. The van der Waals surface area contributed by atoms with Crippen molar-refractivity contribution in [2.24, 2.45) is 7.05 Å². The average molecular weight is 384 g/mol. The number of nitrogens with zero attached hydrogens (tertiary/aromatic N) is 1. The van der Waals surface area contributed by atoms with Gasteiger partial charge in [-0.05, 0) is 65.8 Å². The van der Waals surface area contributed by atoms with E-state index in [0.29, 0.717) is 6.04 Å². The highest BCUT2D eigenvalue weighted by Crippen LogP contribution is 2.36. The van der Waals surface area contributed by atoms with E-state index in [4.69, 9.17) is 1.37 Å². The highest BCUT2D eigenvalue weighted by Gasteiger charge is 2.24. The van der Waals surface area contributed by atoms with Crippen molar-refractivity contribution in [3.63, 3.8) is 0 Å². The minimum absolute atomic E-state index is 0.0796. The molecule has 1 heteroatoms. The van der Waals surface area contributed by atoms with E-state index in [0.717, 1.165) is 21.9 Å². The molecular weight excluding hydrogens is 350 g/mol. The van der Waals surface area contributed by atoms with Crippen LogP contribution in [0.1, 0.15) is 50.1 Å². The van der Waals surface area contributed by atoms with Crippen molar-refractivity contribution in [2.45, 2.75) is 53.9 Å². The molecule has 1 aromatic heterocycles. The standard InChI is InChI=1S/C28H32N/c1-17-9-11-23-21(13-17)10-12-24-26(23)15-19(3)29(8)27(24)25-16-22(28(5,6)7)14-18(2)20(25)4/h9-16H,1-8H3/q+1/i15D. The summed E-state index contributed by atoms with van der Waals surface area (Å²) in [5, 5.41) is 4.57. The van der Waals surface area contributed by atoms with Crippen LogP contribution in [-0.2, 0) is 12.5 Å². The highest BCUT2D eigenvalue weighted by molar-refractivity contribution is 6.11. The number of benzene rings is 3. The van der Waals surface area contributed by atoms with E-state index >= 15 is 0 Å². The predicted octanol–water partition coefficient (Wildman–Crippen LogP) is 7.02. The summed E-state index contributed by atoms with van der Waals surface area (Å²) < 4.78 is 11.1. The maximum absolute atomic E-state index is 8.94. The average Bonchev–Trinajstić information content (AvgIpc) is 2.67. The molecule has 0 aliphatic heterocycles. The van der Waals surface area contributed by atoms with E-state index in [1.807, 2.05) is 0 Å². The third-order valence-corrected chi connectivity index (χ3v) is 6.36. The maximum atomic E-state index is 8.94. The molecule has 0 atom stereocenters. The molecule has 0 amide bonds. The van der Waals surface area contributed by atoms with Crippen LogP contribution >= 0.6 is 0 Å². The summed E-state index contributed by atoms with van der Waals surface area (Å²) in [7, 11) is 2.10. The van der Waals surface area contributed by atoms with Crippen LogP contribution in [0.25, 0.3) is 32.8 Å². The SMILES string of the molecule is [2H]c1c(C)[n+](C)c(-c2cc(C(C)(C)C)cc(C)c2C)c2ccc3cc(C)ccc3c12. The maximum Gasteiger partial charge on any atom is 0.220 e. The van der Waals surface area contributed by atoms with E-state index in [9.17, 15) is 0 Å². The zero-order valence-electron chi connectivity index (χ0n) is 20.0. The van der Waals surface area contributed by atoms with E-state index < -0.39 is 0 Å². The number of fused-ring (bicyclic) bond motifs is 3. The zero-order valence-corrected chi connectivity index (χ0v) is 19.0. The molecule has 0 radical (unpaired) electrons. The summed E-state index contributed by atoms with van der Waals surface area (Å²) >= 11 is 0. The monoisotopic (exact) mass is 383 g/mol. The van der Waals surface area contributed by atoms with Gasteiger partial charge in [-0.1, -0.05) is 56.7 Å². The number of hydrogen-bond acceptors (Lipinski definition) is 0. The van der Waals surface area contributed by atoms with Crippen molar-refractivity contribution >= 4 is 21.5 Å². The van der Waals surface area contributed by atoms with Crippen LogP contribution < -0.4 is 4.57 Å². The lowest BCUT2D eigenvalue weighted by Gasteiger charge is -2.22. The second-order valence-corrected chi connectivity index (χ2v) is 9.55.